The van der Waals surface area contributed by atoms with Gasteiger partial charge in [0, 0.05) is 22.9 Å². The molecule has 0 atom stereocenters. The standard InChI is InChI=1S/C22H18N4O/c1-14(2)27-16-9-7-15(8-10-16)20-18-11-12-26-22(18)21(23-13-24-26)17-5-3-4-6-19(17)25-20/h3-14H,1-2H3. The van der Waals surface area contributed by atoms with E-state index in [9.17, 15) is 0 Å². The number of hydrogen-bond acceptors (Lipinski definition) is 4. The van der Waals surface area contributed by atoms with Crippen LogP contribution < -0.4 is 4.74 Å². The van der Waals surface area contributed by atoms with Crippen molar-refractivity contribution < 1.29 is 4.74 Å². The number of benzene rings is 2. The molecule has 3 heterocycles. The molecule has 2 aromatic carbocycles. The second kappa shape index (κ2) is 6.06. The van der Waals surface area contributed by atoms with Crippen molar-refractivity contribution in [1.29, 1.82) is 0 Å². The van der Waals surface area contributed by atoms with Crippen LogP contribution in [0, 0.1) is 0 Å². The summed E-state index contributed by atoms with van der Waals surface area (Å²) in [6, 6.07) is 18.2. The van der Waals surface area contributed by atoms with Crippen molar-refractivity contribution in [3.63, 3.8) is 0 Å². The minimum absolute atomic E-state index is 0.146. The van der Waals surface area contributed by atoms with Gasteiger partial charge in [-0.1, -0.05) is 18.2 Å². The molecule has 27 heavy (non-hydrogen) atoms. The second-order valence-corrected chi connectivity index (χ2v) is 6.80. The van der Waals surface area contributed by atoms with Gasteiger partial charge in [0.05, 0.1) is 17.5 Å². The van der Waals surface area contributed by atoms with Crippen LogP contribution in [0.25, 0.3) is 16.8 Å². The van der Waals surface area contributed by atoms with Crippen molar-refractivity contribution in [3.05, 3.63) is 78.2 Å². The Bertz CT molecular complexity index is 1170. The molecule has 1 aliphatic rings. The van der Waals surface area contributed by atoms with Crippen LogP contribution in [0.1, 0.15) is 25.0 Å². The van der Waals surface area contributed by atoms with Crippen molar-refractivity contribution in [2.75, 3.05) is 0 Å². The number of hydrogen-bond donors (Lipinski definition) is 0. The highest BCUT2D eigenvalue weighted by molar-refractivity contribution is 6.20. The van der Waals surface area contributed by atoms with E-state index >= 15 is 0 Å². The van der Waals surface area contributed by atoms with Crippen molar-refractivity contribution in [2.24, 2.45) is 4.99 Å². The zero-order valence-electron chi connectivity index (χ0n) is 15.1. The monoisotopic (exact) mass is 354 g/mol. The van der Waals surface area contributed by atoms with E-state index in [0.717, 1.165) is 45.0 Å². The lowest BCUT2D eigenvalue weighted by atomic mass is 10.0. The fraction of sp³-hybridized carbons (Fsp3) is 0.136. The number of para-hydroxylation sites is 1. The number of aromatic nitrogens is 3. The molecule has 0 bridgehead atoms. The van der Waals surface area contributed by atoms with Crippen molar-refractivity contribution in [3.8, 4) is 17.0 Å². The summed E-state index contributed by atoms with van der Waals surface area (Å²) in [5.41, 5.74) is 6.77. The van der Waals surface area contributed by atoms with E-state index < -0.39 is 0 Å². The summed E-state index contributed by atoms with van der Waals surface area (Å²) in [6.07, 6.45) is 3.69. The van der Waals surface area contributed by atoms with Crippen LogP contribution in [-0.4, -0.2) is 26.4 Å². The first-order chi connectivity index (χ1) is 13.2. The smallest absolute Gasteiger partial charge is 0.137 e. The highest BCUT2D eigenvalue weighted by Crippen LogP contribution is 2.37. The topological polar surface area (TPSA) is 51.8 Å². The Balaban J connectivity index is 1.73. The van der Waals surface area contributed by atoms with Gasteiger partial charge in [-0.2, -0.15) is 5.10 Å². The Hall–Kier alpha value is -3.47. The summed E-state index contributed by atoms with van der Waals surface area (Å²) < 4.78 is 7.64. The number of ether oxygens (including phenoxy) is 1. The molecule has 0 amide bonds. The van der Waals surface area contributed by atoms with Gasteiger partial charge in [-0.15, -0.1) is 0 Å². The predicted octanol–water partition coefficient (Wildman–Crippen LogP) is 4.67. The van der Waals surface area contributed by atoms with Crippen LogP contribution in [0.5, 0.6) is 5.75 Å². The Kier molecular flexibility index (Phi) is 3.53. The molecule has 132 valence electrons. The lowest BCUT2D eigenvalue weighted by molar-refractivity contribution is 0.242. The van der Waals surface area contributed by atoms with E-state index in [4.69, 9.17) is 9.73 Å². The van der Waals surface area contributed by atoms with Crippen LogP contribution in [0.15, 0.2) is 72.1 Å². The van der Waals surface area contributed by atoms with E-state index in [2.05, 4.69) is 34.3 Å². The van der Waals surface area contributed by atoms with Gasteiger partial charge in [0.2, 0.25) is 0 Å². The molecule has 1 aliphatic heterocycles. The molecule has 5 rings (SSSR count). The summed E-state index contributed by atoms with van der Waals surface area (Å²) in [5.74, 6) is 0.856. The molecule has 0 saturated heterocycles. The van der Waals surface area contributed by atoms with Crippen LogP contribution in [-0.2, 0) is 0 Å². The zero-order chi connectivity index (χ0) is 18.4. The number of rotatable bonds is 3. The first-order valence-corrected chi connectivity index (χ1v) is 8.98. The maximum absolute atomic E-state index is 5.77. The molecular formula is C22H18N4O. The van der Waals surface area contributed by atoms with Gasteiger partial charge in [0.15, 0.2) is 0 Å². The van der Waals surface area contributed by atoms with E-state index in [1.807, 2.05) is 54.9 Å². The van der Waals surface area contributed by atoms with Gasteiger partial charge in [-0.3, -0.25) is 0 Å². The Morgan fingerprint density at radius 3 is 2.56 bits per heavy atom. The molecule has 0 fully saturated rings. The molecule has 0 radical (unpaired) electrons. The maximum Gasteiger partial charge on any atom is 0.137 e. The lowest BCUT2D eigenvalue weighted by Gasteiger charge is -2.11. The maximum atomic E-state index is 5.77. The molecular weight excluding hydrogens is 336 g/mol. The normalized spacial score (nSPS) is 12.6. The molecule has 2 aromatic heterocycles. The third-order valence-corrected chi connectivity index (χ3v) is 4.60. The van der Waals surface area contributed by atoms with Gasteiger partial charge >= 0.3 is 0 Å². The van der Waals surface area contributed by atoms with Gasteiger partial charge < -0.3 is 4.74 Å². The third kappa shape index (κ3) is 2.59. The largest absolute Gasteiger partial charge is 0.491 e. The fourth-order valence-electron chi connectivity index (χ4n) is 3.48. The molecule has 5 nitrogen and oxygen atoms in total. The molecule has 4 aromatic rings. The second-order valence-electron chi connectivity index (χ2n) is 6.80. The highest BCUT2D eigenvalue weighted by Gasteiger charge is 2.22. The van der Waals surface area contributed by atoms with Gasteiger partial charge in [0.1, 0.15) is 23.3 Å². The molecule has 0 unspecified atom stereocenters. The summed E-state index contributed by atoms with van der Waals surface area (Å²) in [4.78, 5) is 9.57. The number of fused-ring (bicyclic) bond motifs is 2. The number of nitrogens with zero attached hydrogens (tertiary/aromatic N) is 4. The highest BCUT2D eigenvalue weighted by atomic mass is 16.5. The van der Waals surface area contributed by atoms with Gasteiger partial charge in [-0.25, -0.2) is 14.5 Å². The third-order valence-electron chi connectivity index (χ3n) is 4.60. The van der Waals surface area contributed by atoms with E-state index in [1.165, 1.54) is 0 Å². The SMILES string of the molecule is CC(C)Oc1ccc(C2=Nc3ccccc3-c3ncnn4ccc2c34)cc1. The molecule has 5 heteroatoms. The molecule has 0 N–H and O–H groups in total. The first-order valence-electron chi connectivity index (χ1n) is 8.98. The van der Waals surface area contributed by atoms with Crippen molar-refractivity contribution >= 4 is 16.9 Å². The first kappa shape index (κ1) is 15.8. The van der Waals surface area contributed by atoms with Crippen molar-refractivity contribution in [2.45, 2.75) is 20.0 Å². The fourth-order valence-corrected chi connectivity index (χ4v) is 3.48. The Labute approximate surface area is 157 Å². The number of aliphatic imine (C=N–C) groups is 1. The summed E-state index contributed by atoms with van der Waals surface area (Å²) >= 11 is 0. The lowest BCUT2D eigenvalue weighted by Crippen LogP contribution is -2.06. The van der Waals surface area contributed by atoms with Crippen LogP contribution in [0.2, 0.25) is 0 Å². The van der Waals surface area contributed by atoms with E-state index in [1.54, 1.807) is 6.33 Å². The molecule has 0 spiro atoms. The van der Waals surface area contributed by atoms with Gasteiger partial charge in [-0.05, 0) is 50.2 Å². The summed E-state index contributed by atoms with van der Waals surface area (Å²) in [6.45, 7) is 4.05. The molecule has 0 saturated carbocycles. The minimum atomic E-state index is 0.146. The van der Waals surface area contributed by atoms with Crippen LogP contribution >= 0.6 is 0 Å². The predicted molar refractivity (Wildman–Crippen MR) is 106 cm³/mol. The van der Waals surface area contributed by atoms with Crippen molar-refractivity contribution in [1.82, 2.24) is 14.6 Å². The zero-order valence-corrected chi connectivity index (χ0v) is 15.1. The van der Waals surface area contributed by atoms with Crippen LogP contribution in [0.3, 0.4) is 0 Å². The molecule has 0 aliphatic carbocycles. The van der Waals surface area contributed by atoms with Gasteiger partial charge in [0.25, 0.3) is 0 Å². The average molecular weight is 354 g/mol. The quantitative estimate of drug-likeness (QED) is 0.473. The van der Waals surface area contributed by atoms with E-state index in [0.29, 0.717) is 0 Å². The van der Waals surface area contributed by atoms with E-state index in [-0.39, 0.29) is 6.10 Å². The minimum Gasteiger partial charge on any atom is -0.491 e. The Morgan fingerprint density at radius 1 is 0.926 bits per heavy atom. The summed E-state index contributed by atoms with van der Waals surface area (Å²) in [5, 5.41) is 4.36. The average Bonchev–Trinajstić information content (AvgIpc) is 3.04. The summed E-state index contributed by atoms with van der Waals surface area (Å²) in [7, 11) is 0. The Morgan fingerprint density at radius 2 is 1.74 bits per heavy atom. The van der Waals surface area contributed by atoms with Crippen LogP contribution in [0.4, 0.5) is 5.69 Å².